The van der Waals surface area contributed by atoms with Crippen molar-refractivity contribution in [3.05, 3.63) is 29.3 Å². The van der Waals surface area contributed by atoms with E-state index in [9.17, 15) is 0 Å². The SMILES string of the molecule is CCNC(C)c1ccc(OC)c(CN2CCCCCC2)c1. The zero-order valence-corrected chi connectivity index (χ0v) is 13.8. The lowest BCUT2D eigenvalue weighted by molar-refractivity contribution is 0.271. The van der Waals surface area contributed by atoms with Gasteiger partial charge in [-0.25, -0.2) is 0 Å². The van der Waals surface area contributed by atoms with Crippen LogP contribution in [-0.4, -0.2) is 31.6 Å². The highest BCUT2D eigenvalue weighted by Crippen LogP contribution is 2.25. The van der Waals surface area contributed by atoms with Gasteiger partial charge in [-0.15, -0.1) is 0 Å². The van der Waals surface area contributed by atoms with Crippen LogP contribution in [0.5, 0.6) is 5.75 Å². The molecule has 1 aromatic carbocycles. The van der Waals surface area contributed by atoms with E-state index in [2.05, 4.69) is 42.3 Å². The fraction of sp³-hybridized carbons (Fsp3) is 0.667. The third-order valence-corrected chi connectivity index (χ3v) is 4.41. The minimum atomic E-state index is 0.392. The van der Waals surface area contributed by atoms with Crippen molar-refractivity contribution >= 4 is 0 Å². The van der Waals surface area contributed by atoms with Crippen molar-refractivity contribution in [1.29, 1.82) is 0 Å². The third kappa shape index (κ3) is 4.72. The van der Waals surface area contributed by atoms with E-state index >= 15 is 0 Å². The predicted octanol–water partition coefficient (Wildman–Crippen LogP) is 3.74. The predicted molar refractivity (Wildman–Crippen MR) is 88.8 cm³/mol. The Hall–Kier alpha value is -1.06. The Morgan fingerprint density at radius 3 is 2.52 bits per heavy atom. The number of ether oxygens (including phenoxy) is 1. The van der Waals surface area contributed by atoms with E-state index in [1.807, 2.05) is 0 Å². The van der Waals surface area contributed by atoms with Gasteiger partial charge in [-0.3, -0.25) is 4.90 Å². The van der Waals surface area contributed by atoms with Gasteiger partial charge in [0.25, 0.3) is 0 Å². The average Bonchev–Trinajstić information content (AvgIpc) is 2.76. The van der Waals surface area contributed by atoms with Gasteiger partial charge in [0.1, 0.15) is 5.75 Å². The summed E-state index contributed by atoms with van der Waals surface area (Å²) >= 11 is 0. The van der Waals surface area contributed by atoms with Crippen molar-refractivity contribution in [2.24, 2.45) is 0 Å². The Morgan fingerprint density at radius 1 is 1.19 bits per heavy atom. The Labute approximate surface area is 129 Å². The van der Waals surface area contributed by atoms with Crippen LogP contribution < -0.4 is 10.1 Å². The number of likely N-dealkylation sites (tertiary alicyclic amines) is 1. The summed E-state index contributed by atoms with van der Waals surface area (Å²) in [6.45, 7) is 8.82. The first kappa shape index (κ1) is 16.3. The second-order valence-corrected chi connectivity index (χ2v) is 6.04. The van der Waals surface area contributed by atoms with Gasteiger partial charge in [-0.05, 0) is 57.1 Å². The van der Waals surface area contributed by atoms with Gasteiger partial charge in [-0.2, -0.15) is 0 Å². The number of benzene rings is 1. The summed E-state index contributed by atoms with van der Waals surface area (Å²) in [5.74, 6) is 1.02. The summed E-state index contributed by atoms with van der Waals surface area (Å²) < 4.78 is 5.57. The minimum Gasteiger partial charge on any atom is -0.496 e. The lowest BCUT2D eigenvalue weighted by Gasteiger charge is -2.22. The molecule has 2 rings (SSSR count). The van der Waals surface area contributed by atoms with Crippen LogP contribution in [0.3, 0.4) is 0 Å². The second kappa shape index (κ2) is 8.40. The van der Waals surface area contributed by atoms with Crippen LogP contribution in [0.1, 0.15) is 56.7 Å². The van der Waals surface area contributed by atoms with Crippen LogP contribution in [0.15, 0.2) is 18.2 Å². The summed E-state index contributed by atoms with van der Waals surface area (Å²) in [5, 5.41) is 3.49. The van der Waals surface area contributed by atoms with E-state index in [0.29, 0.717) is 6.04 Å². The Balaban J connectivity index is 2.12. The molecule has 1 N–H and O–H groups in total. The number of nitrogens with one attached hydrogen (secondary N) is 1. The average molecular weight is 290 g/mol. The van der Waals surface area contributed by atoms with Gasteiger partial charge >= 0.3 is 0 Å². The molecular weight excluding hydrogens is 260 g/mol. The van der Waals surface area contributed by atoms with Gasteiger partial charge < -0.3 is 10.1 Å². The van der Waals surface area contributed by atoms with E-state index in [0.717, 1.165) is 18.8 Å². The van der Waals surface area contributed by atoms with Crippen LogP contribution >= 0.6 is 0 Å². The Kier molecular flexibility index (Phi) is 6.52. The van der Waals surface area contributed by atoms with Gasteiger partial charge in [-0.1, -0.05) is 25.8 Å². The maximum Gasteiger partial charge on any atom is 0.123 e. The molecule has 3 heteroatoms. The number of hydrogen-bond donors (Lipinski definition) is 1. The molecule has 1 heterocycles. The number of nitrogens with zero attached hydrogens (tertiary/aromatic N) is 1. The zero-order valence-electron chi connectivity index (χ0n) is 13.8. The summed E-state index contributed by atoms with van der Waals surface area (Å²) in [6.07, 6.45) is 5.42. The van der Waals surface area contributed by atoms with E-state index in [4.69, 9.17) is 4.74 Å². The molecule has 0 saturated carbocycles. The summed E-state index contributed by atoms with van der Waals surface area (Å²) in [6, 6.07) is 7.01. The molecule has 0 radical (unpaired) electrons. The van der Waals surface area contributed by atoms with Gasteiger partial charge in [0, 0.05) is 18.2 Å². The first-order valence-electron chi connectivity index (χ1n) is 8.37. The third-order valence-electron chi connectivity index (χ3n) is 4.41. The number of methoxy groups -OCH3 is 1. The fourth-order valence-corrected chi connectivity index (χ4v) is 3.15. The van der Waals surface area contributed by atoms with E-state index < -0.39 is 0 Å². The van der Waals surface area contributed by atoms with E-state index in [1.165, 1.54) is 49.9 Å². The van der Waals surface area contributed by atoms with Crippen molar-refractivity contribution < 1.29 is 4.74 Å². The molecule has 1 atom stereocenters. The zero-order chi connectivity index (χ0) is 15.1. The lowest BCUT2D eigenvalue weighted by Crippen LogP contribution is -2.24. The molecule has 0 bridgehead atoms. The topological polar surface area (TPSA) is 24.5 Å². The normalized spacial score (nSPS) is 18.2. The van der Waals surface area contributed by atoms with Crippen molar-refractivity contribution in [1.82, 2.24) is 10.2 Å². The molecule has 0 amide bonds. The van der Waals surface area contributed by atoms with Crippen LogP contribution in [-0.2, 0) is 6.54 Å². The molecular formula is C18H30N2O. The van der Waals surface area contributed by atoms with Gasteiger partial charge in [0.2, 0.25) is 0 Å². The number of hydrogen-bond acceptors (Lipinski definition) is 3. The van der Waals surface area contributed by atoms with Gasteiger partial charge in [0.15, 0.2) is 0 Å². The van der Waals surface area contributed by atoms with Crippen molar-refractivity contribution in [3.8, 4) is 5.75 Å². The molecule has 1 aromatic rings. The molecule has 118 valence electrons. The fourth-order valence-electron chi connectivity index (χ4n) is 3.15. The molecule has 3 nitrogen and oxygen atoms in total. The molecule has 1 aliphatic heterocycles. The van der Waals surface area contributed by atoms with Crippen LogP contribution in [0.25, 0.3) is 0 Å². The molecule has 0 aliphatic carbocycles. The summed E-state index contributed by atoms with van der Waals surface area (Å²) in [4.78, 5) is 2.58. The van der Waals surface area contributed by atoms with Crippen molar-refractivity contribution in [2.75, 3.05) is 26.7 Å². The second-order valence-electron chi connectivity index (χ2n) is 6.04. The summed E-state index contributed by atoms with van der Waals surface area (Å²) in [7, 11) is 1.77. The van der Waals surface area contributed by atoms with Crippen molar-refractivity contribution in [3.63, 3.8) is 0 Å². The quantitative estimate of drug-likeness (QED) is 0.863. The van der Waals surface area contributed by atoms with Crippen LogP contribution in [0.2, 0.25) is 0 Å². The largest absolute Gasteiger partial charge is 0.496 e. The molecule has 21 heavy (non-hydrogen) atoms. The first-order valence-corrected chi connectivity index (χ1v) is 8.37. The molecule has 1 fully saturated rings. The molecule has 1 unspecified atom stereocenters. The highest BCUT2D eigenvalue weighted by atomic mass is 16.5. The standard InChI is InChI=1S/C18H30N2O/c1-4-19-15(2)16-9-10-18(21-3)17(13-16)14-20-11-7-5-6-8-12-20/h9-10,13,15,19H,4-8,11-12,14H2,1-3H3. The molecule has 1 aliphatic rings. The highest BCUT2D eigenvalue weighted by molar-refractivity contribution is 5.38. The highest BCUT2D eigenvalue weighted by Gasteiger charge is 2.14. The first-order chi connectivity index (χ1) is 10.2. The van der Waals surface area contributed by atoms with Crippen LogP contribution in [0.4, 0.5) is 0 Å². The maximum atomic E-state index is 5.57. The van der Waals surface area contributed by atoms with Crippen molar-refractivity contribution in [2.45, 2.75) is 52.1 Å². The minimum absolute atomic E-state index is 0.392. The number of rotatable bonds is 6. The smallest absolute Gasteiger partial charge is 0.123 e. The van der Waals surface area contributed by atoms with Gasteiger partial charge in [0.05, 0.1) is 7.11 Å². The molecule has 1 saturated heterocycles. The Morgan fingerprint density at radius 2 is 1.90 bits per heavy atom. The van der Waals surface area contributed by atoms with Crippen LogP contribution in [0, 0.1) is 0 Å². The summed E-state index contributed by atoms with van der Waals surface area (Å²) in [5.41, 5.74) is 2.67. The Bertz CT molecular complexity index is 425. The maximum absolute atomic E-state index is 5.57. The monoisotopic (exact) mass is 290 g/mol. The molecule has 0 spiro atoms. The van der Waals surface area contributed by atoms with E-state index in [1.54, 1.807) is 7.11 Å². The van der Waals surface area contributed by atoms with E-state index in [-0.39, 0.29) is 0 Å². The lowest BCUT2D eigenvalue weighted by atomic mass is 10.0. The molecule has 0 aromatic heterocycles.